The summed E-state index contributed by atoms with van der Waals surface area (Å²) >= 11 is 0. The van der Waals surface area contributed by atoms with Crippen molar-refractivity contribution in [2.45, 2.75) is 168 Å². The van der Waals surface area contributed by atoms with Crippen molar-refractivity contribution in [3.05, 3.63) is 168 Å². The fourth-order valence-electron chi connectivity index (χ4n) is 19.6. The highest BCUT2D eigenvalue weighted by Crippen LogP contribution is 2.55. The molecule has 17 aromatic rings. The predicted molar refractivity (Wildman–Crippen MR) is 406 cm³/mol. The van der Waals surface area contributed by atoms with E-state index < -0.39 is 0 Å². The van der Waals surface area contributed by atoms with Crippen LogP contribution < -0.4 is 0 Å². The van der Waals surface area contributed by atoms with Gasteiger partial charge in [-0.25, -0.2) is 0 Å². The lowest BCUT2D eigenvalue weighted by Gasteiger charge is -2.35. The third-order valence-corrected chi connectivity index (χ3v) is 24.0. The molecule has 2 aliphatic rings. The number of carbonyl (C=O) groups is 4. The van der Waals surface area contributed by atoms with Crippen LogP contribution in [-0.4, -0.2) is 45.5 Å². The van der Waals surface area contributed by atoms with Crippen LogP contribution in [0.25, 0.3) is 172 Å². The number of benzene rings is 17. The Hall–Kier alpha value is -9.52. The predicted octanol–water partition coefficient (Wildman–Crippen LogP) is 25.1. The van der Waals surface area contributed by atoms with Crippen LogP contribution in [-0.2, 0) is 0 Å². The molecular formula is C90H78N2O4. The molecule has 0 unspecified atom stereocenters. The number of rotatable bonds is 22. The molecule has 19 rings (SSSR count). The van der Waals surface area contributed by atoms with Crippen molar-refractivity contribution < 1.29 is 19.2 Å². The Kier molecular flexibility index (Phi) is 13.3. The highest BCUT2D eigenvalue weighted by Gasteiger charge is 2.40. The normalized spacial score (nSPS) is 14.3. The zero-order valence-corrected chi connectivity index (χ0v) is 55.7. The Bertz CT molecular complexity index is 5430. The Labute approximate surface area is 557 Å². The number of imide groups is 2. The fraction of sp³-hybridized carbons (Fsp3) is 0.289. The molecule has 6 heteroatoms. The largest absolute Gasteiger partial charge is 0.271 e. The quantitative estimate of drug-likeness (QED) is 0.0293. The summed E-state index contributed by atoms with van der Waals surface area (Å²) in [6.07, 6.45) is 21.2. The van der Waals surface area contributed by atoms with Gasteiger partial charge in [-0.2, -0.15) is 0 Å². The van der Waals surface area contributed by atoms with Gasteiger partial charge >= 0.3 is 0 Å². The first-order chi connectivity index (χ1) is 47.2. The van der Waals surface area contributed by atoms with Gasteiger partial charge in [0.2, 0.25) is 0 Å². The second-order valence-electron chi connectivity index (χ2n) is 29.1. The maximum Gasteiger partial charge on any atom is 0.261 e. The molecule has 6 nitrogen and oxygen atoms in total. The molecule has 96 heavy (non-hydrogen) atoms. The lowest BCUT2D eigenvalue weighted by atomic mass is 9.79. The summed E-state index contributed by atoms with van der Waals surface area (Å²) in [6.45, 7) is 8.91. The van der Waals surface area contributed by atoms with Crippen LogP contribution in [0, 0.1) is 0 Å². The first kappa shape index (κ1) is 57.9. The van der Waals surface area contributed by atoms with Gasteiger partial charge in [-0.15, -0.1) is 0 Å². The number of amides is 4. The third-order valence-electron chi connectivity index (χ3n) is 24.0. The molecule has 0 saturated carbocycles. The van der Waals surface area contributed by atoms with Crippen LogP contribution in [0.3, 0.4) is 0 Å². The van der Waals surface area contributed by atoms with Gasteiger partial charge in [-0.1, -0.05) is 252 Å². The number of carbonyl (C=O) groups excluding carboxylic acids is 4. The Morgan fingerprint density at radius 1 is 0.198 bits per heavy atom. The number of hydrogen-bond acceptors (Lipinski definition) is 4. The lowest BCUT2D eigenvalue weighted by Crippen LogP contribution is -2.47. The SMILES string of the molecule is CCCCCCC(CCCCCC)N1C(=O)c2ccc3c4ccc5c6ccc7c8ccc9c%10ccc%11c%12ccc%13c%14c(ccc(c%15ccc(c%16ccc(c%17ccc(c%18ccc(c%19ccc(c2c3%19)C1=O)c4c5%18)c6c7%17)c8c9%16)c%10c%11%15)c%14%12)C(=O)N(C(CCCCCC)CCCCCC)C%13=O. The molecule has 0 radical (unpaired) electrons. The van der Waals surface area contributed by atoms with Crippen molar-refractivity contribution in [3.8, 4) is 0 Å². The summed E-state index contributed by atoms with van der Waals surface area (Å²) in [7, 11) is 0. The van der Waals surface area contributed by atoms with Crippen LogP contribution in [0.5, 0.6) is 0 Å². The first-order valence-corrected chi connectivity index (χ1v) is 36.6. The molecular weight excluding hydrogens is 1170 g/mol. The molecule has 2 aliphatic heterocycles. The average molecular weight is 1250 g/mol. The summed E-state index contributed by atoms with van der Waals surface area (Å²) in [5, 5.41) is 37.7. The second kappa shape index (κ2) is 22.0. The van der Waals surface area contributed by atoms with E-state index in [1.54, 1.807) is 9.80 Å². The van der Waals surface area contributed by atoms with E-state index in [0.717, 1.165) is 167 Å². The molecule has 0 aliphatic carbocycles. The van der Waals surface area contributed by atoms with Crippen molar-refractivity contribution in [3.63, 3.8) is 0 Å². The zero-order valence-electron chi connectivity index (χ0n) is 55.7. The Balaban J connectivity index is 0.742. The topological polar surface area (TPSA) is 74.8 Å². The van der Waals surface area contributed by atoms with Gasteiger partial charge in [0.1, 0.15) is 0 Å². The maximum atomic E-state index is 14.9. The summed E-state index contributed by atoms with van der Waals surface area (Å²) in [5.41, 5.74) is 2.60. The van der Waals surface area contributed by atoms with Crippen LogP contribution >= 0.6 is 0 Å². The number of hydrogen-bond donors (Lipinski definition) is 0. The van der Waals surface area contributed by atoms with E-state index in [0.29, 0.717) is 22.3 Å². The zero-order chi connectivity index (χ0) is 64.5. The third kappa shape index (κ3) is 7.81. The van der Waals surface area contributed by atoms with Crippen molar-refractivity contribution in [2.24, 2.45) is 0 Å². The van der Waals surface area contributed by atoms with Crippen molar-refractivity contribution in [1.29, 1.82) is 0 Å². The molecule has 4 amide bonds. The van der Waals surface area contributed by atoms with E-state index in [-0.39, 0.29) is 35.7 Å². The molecule has 2 heterocycles. The molecule has 17 aromatic carbocycles. The van der Waals surface area contributed by atoms with E-state index >= 15 is 0 Å². The van der Waals surface area contributed by atoms with E-state index in [4.69, 9.17) is 0 Å². The minimum Gasteiger partial charge on any atom is -0.271 e. The molecule has 0 atom stereocenters. The molecule has 472 valence electrons. The van der Waals surface area contributed by atoms with Gasteiger partial charge in [0.25, 0.3) is 23.6 Å². The molecule has 0 aromatic heterocycles. The Morgan fingerprint density at radius 2 is 0.344 bits per heavy atom. The highest BCUT2D eigenvalue weighted by atomic mass is 16.2. The highest BCUT2D eigenvalue weighted by molar-refractivity contribution is 6.50. The Morgan fingerprint density at radius 3 is 0.500 bits per heavy atom. The van der Waals surface area contributed by atoms with Gasteiger partial charge < -0.3 is 0 Å². The number of unbranched alkanes of at least 4 members (excludes halogenated alkanes) is 12. The minimum absolute atomic E-state index is 0.105. The van der Waals surface area contributed by atoms with Crippen molar-refractivity contribution >= 4 is 196 Å². The van der Waals surface area contributed by atoms with Crippen LogP contribution in [0.2, 0.25) is 0 Å². The van der Waals surface area contributed by atoms with E-state index in [1.165, 1.54) is 133 Å². The summed E-state index contributed by atoms with van der Waals surface area (Å²) < 4.78 is 0. The molecule has 0 bridgehead atoms. The number of nitrogens with zero attached hydrogens (tertiary/aromatic N) is 2. The standard InChI is InChI=1S/C90H78N2O4/c1-5-9-13-17-21-49(22-18-14-10-6-2)91-87(93)71-45-41-67-63-37-33-59-55-29-25-51-53-27-31-57-61-35-39-65-69-43-47-73-86-74(90(96)92(89(73)95)50(23-19-15-11-7-3)24-20-16-12-8-4)48-44-70(84(69)86)66-40-36-62(80(61)82(65)66)58-32-28-54(76(53)78(57)58)52-26-30-56(77(55)75(51)52)60-34-38-64(81(63)79(59)60)68-42-46-72(88(91)94)85(71)83(67)68/h25-50H,5-24H2,1-4H3. The molecule has 0 fully saturated rings. The lowest BCUT2D eigenvalue weighted by molar-refractivity contribution is 0.0501. The van der Waals surface area contributed by atoms with Crippen molar-refractivity contribution in [1.82, 2.24) is 9.80 Å². The molecule has 0 N–H and O–H groups in total. The fourth-order valence-corrected chi connectivity index (χ4v) is 19.6. The summed E-state index contributed by atoms with van der Waals surface area (Å²) in [6, 6.07) is 54.4. The smallest absolute Gasteiger partial charge is 0.261 e. The minimum atomic E-state index is -0.139. The van der Waals surface area contributed by atoms with Gasteiger partial charge in [0.15, 0.2) is 0 Å². The summed E-state index contributed by atoms with van der Waals surface area (Å²) in [5.74, 6) is -0.555. The van der Waals surface area contributed by atoms with E-state index in [9.17, 15) is 19.2 Å². The maximum absolute atomic E-state index is 14.9. The molecule has 0 spiro atoms. The van der Waals surface area contributed by atoms with Gasteiger partial charge in [0, 0.05) is 45.1 Å². The first-order valence-electron chi connectivity index (χ1n) is 36.6. The van der Waals surface area contributed by atoms with E-state index in [1.807, 2.05) is 24.3 Å². The van der Waals surface area contributed by atoms with Crippen LogP contribution in [0.15, 0.2) is 146 Å². The van der Waals surface area contributed by atoms with Crippen molar-refractivity contribution in [2.75, 3.05) is 0 Å². The van der Waals surface area contributed by atoms with Crippen LogP contribution in [0.4, 0.5) is 0 Å². The van der Waals surface area contributed by atoms with Gasteiger partial charge in [-0.05, 0) is 212 Å². The van der Waals surface area contributed by atoms with Crippen LogP contribution in [0.1, 0.15) is 198 Å². The van der Waals surface area contributed by atoms with Gasteiger partial charge in [0.05, 0.1) is 0 Å². The van der Waals surface area contributed by atoms with Gasteiger partial charge in [-0.3, -0.25) is 29.0 Å². The average Bonchev–Trinajstić information content (AvgIpc) is 0.685. The second-order valence-corrected chi connectivity index (χ2v) is 29.1. The monoisotopic (exact) mass is 1250 g/mol. The molecule has 0 saturated heterocycles. The number of fused-ring (bicyclic) bond motifs is 10. The summed E-state index contributed by atoms with van der Waals surface area (Å²) in [4.78, 5) is 63.1. The van der Waals surface area contributed by atoms with E-state index in [2.05, 4.69) is 149 Å².